The van der Waals surface area contributed by atoms with Crippen molar-refractivity contribution in [2.75, 3.05) is 5.32 Å². The zero-order chi connectivity index (χ0) is 21.5. The van der Waals surface area contributed by atoms with Crippen molar-refractivity contribution in [3.05, 3.63) is 97.9 Å². The van der Waals surface area contributed by atoms with E-state index in [9.17, 15) is 10.1 Å². The molecule has 0 aliphatic heterocycles. The lowest BCUT2D eigenvalue weighted by molar-refractivity contribution is -0.112. The molecule has 0 heterocycles. The molecule has 0 radical (unpaired) electrons. The zero-order valence-corrected chi connectivity index (χ0v) is 19.3. The highest BCUT2D eigenvalue weighted by Gasteiger charge is 2.09. The van der Waals surface area contributed by atoms with Gasteiger partial charge in [-0.2, -0.15) is 5.26 Å². The summed E-state index contributed by atoms with van der Waals surface area (Å²) in [5, 5.41) is 12.1. The Bertz CT molecular complexity index is 1120. The minimum absolute atomic E-state index is 0.0306. The van der Waals surface area contributed by atoms with Crippen LogP contribution in [0.1, 0.15) is 16.7 Å². The smallest absolute Gasteiger partial charge is 0.266 e. The van der Waals surface area contributed by atoms with Crippen LogP contribution in [0.4, 0.5) is 5.69 Å². The molecule has 150 valence electrons. The maximum atomic E-state index is 12.4. The summed E-state index contributed by atoms with van der Waals surface area (Å²) in [4.78, 5) is 12.4. The van der Waals surface area contributed by atoms with E-state index in [1.807, 2.05) is 67.6 Å². The van der Waals surface area contributed by atoms with Crippen LogP contribution in [0.3, 0.4) is 0 Å². The maximum Gasteiger partial charge on any atom is 0.266 e. The van der Waals surface area contributed by atoms with E-state index in [-0.39, 0.29) is 5.57 Å². The Morgan fingerprint density at radius 1 is 1.07 bits per heavy atom. The molecule has 0 spiro atoms. The Hall–Kier alpha value is -2.88. The minimum Gasteiger partial charge on any atom is -0.489 e. The van der Waals surface area contributed by atoms with Crippen LogP contribution in [-0.4, -0.2) is 5.91 Å². The van der Waals surface area contributed by atoms with Gasteiger partial charge in [-0.3, -0.25) is 4.79 Å². The van der Waals surface area contributed by atoms with Crippen LogP contribution in [-0.2, 0) is 11.4 Å². The molecule has 30 heavy (non-hydrogen) atoms. The molecule has 0 aromatic heterocycles. The number of hydrogen-bond acceptors (Lipinski definition) is 3. The van der Waals surface area contributed by atoms with E-state index in [4.69, 9.17) is 4.74 Å². The third kappa shape index (κ3) is 6.06. The summed E-state index contributed by atoms with van der Waals surface area (Å²) in [6.45, 7) is 2.39. The molecule has 1 amide bonds. The van der Waals surface area contributed by atoms with Gasteiger partial charge in [-0.05, 0) is 55.0 Å². The number of nitriles is 1. The fourth-order valence-corrected chi connectivity index (χ4v) is 3.77. The van der Waals surface area contributed by atoms with Crippen molar-refractivity contribution in [1.29, 1.82) is 5.26 Å². The summed E-state index contributed by atoms with van der Waals surface area (Å²) in [6, 6.07) is 22.5. The average molecular weight is 526 g/mol. The van der Waals surface area contributed by atoms with Crippen molar-refractivity contribution in [3.63, 3.8) is 0 Å². The van der Waals surface area contributed by atoms with E-state index in [2.05, 4.69) is 37.2 Å². The first-order valence-corrected chi connectivity index (χ1v) is 10.7. The van der Waals surface area contributed by atoms with E-state index in [0.717, 1.165) is 25.6 Å². The highest BCUT2D eigenvalue weighted by molar-refractivity contribution is 9.11. The molecule has 0 aliphatic carbocycles. The van der Waals surface area contributed by atoms with Crippen molar-refractivity contribution >= 4 is 49.5 Å². The summed E-state index contributed by atoms with van der Waals surface area (Å²) in [6.07, 6.45) is 1.55. The van der Waals surface area contributed by atoms with Crippen molar-refractivity contribution in [2.45, 2.75) is 13.5 Å². The second-order valence-corrected chi connectivity index (χ2v) is 8.35. The minimum atomic E-state index is -0.443. The highest BCUT2D eigenvalue weighted by atomic mass is 79.9. The molecular weight excluding hydrogens is 508 g/mol. The Morgan fingerprint density at radius 2 is 1.77 bits per heavy atom. The molecule has 3 aromatic rings. The molecule has 0 bridgehead atoms. The summed E-state index contributed by atoms with van der Waals surface area (Å²) >= 11 is 6.95. The predicted molar refractivity (Wildman–Crippen MR) is 126 cm³/mol. The maximum absolute atomic E-state index is 12.4. The molecule has 3 rings (SSSR count). The van der Waals surface area contributed by atoms with Gasteiger partial charge in [-0.1, -0.05) is 67.8 Å². The number of amides is 1. The largest absolute Gasteiger partial charge is 0.489 e. The molecular formula is C24H18Br2N2O2. The van der Waals surface area contributed by atoms with Crippen LogP contribution < -0.4 is 10.1 Å². The van der Waals surface area contributed by atoms with E-state index in [0.29, 0.717) is 18.0 Å². The van der Waals surface area contributed by atoms with Crippen LogP contribution in [0.2, 0.25) is 0 Å². The first kappa shape index (κ1) is 21.8. The second kappa shape index (κ2) is 10.2. The molecule has 6 heteroatoms. The molecule has 0 fully saturated rings. The van der Waals surface area contributed by atoms with Gasteiger partial charge in [0.25, 0.3) is 5.91 Å². The lowest BCUT2D eigenvalue weighted by Crippen LogP contribution is -2.13. The molecule has 4 nitrogen and oxygen atoms in total. The number of carbonyl (C=O) groups is 1. The summed E-state index contributed by atoms with van der Waals surface area (Å²) in [5.41, 5.74) is 3.54. The van der Waals surface area contributed by atoms with Crippen molar-refractivity contribution in [2.24, 2.45) is 0 Å². The van der Waals surface area contributed by atoms with Crippen LogP contribution in [0.5, 0.6) is 5.75 Å². The number of anilines is 1. The fourth-order valence-electron chi connectivity index (χ4n) is 2.61. The molecule has 0 saturated carbocycles. The van der Waals surface area contributed by atoms with Gasteiger partial charge in [0.05, 0.1) is 0 Å². The lowest BCUT2D eigenvalue weighted by atomic mass is 10.1. The number of carbonyl (C=O) groups excluding carboxylic acids is 1. The second-order valence-electron chi connectivity index (χ2n) is 6.58. The number of nitrogens with zero attached hydrogens (tertiary/aromatic N) is 1. The monoisotopic (exact) mass is 524 g/mol. The van der Waals surface area contributed by atoms with Gasteiger partial charge in [0.15, 0.2) is 0 Å². The molecule has 0 unspecified atom stereocenters. The Labute approximate surface area is 192 Å². The van der Waals surface area contributed by atoms with Crippen molar-refractivity contribution in [3.8, 4) is 11.8 Å². The van der Waals surface area contributed by atoms with Crippen LogP contribution in [0.25, 0.3) is 6.08 Å². The van der Waals surface area contributed by atoms with E-state index in [1.165, 1.54) is 0 Å². The fraction of sp³-hybridized carbons (Fsp3) is 0.0833. The van der Waals surface area contributed by atoms with Crippen molar-refractivity contribution < 1.29 is 9.53 Å². The third-order valence-corrected chi connectivity index (χ3v) is 5.51. The van der Waals surface area contributed by atoms with Crippen LogP contribution in [0, 0.1) is 18.3 Å². The number of ether oxygens (including phenoxy) is 1. The van der Waals surface area contributed by atoms with Crippen molar-refractivity contribution in [1.82, 2.24) is 0 Å². The van der Waals surface area contributed by atoms with Gasteiger partial charge in [0, 0.05) is 20.2 Å². The molecule has 0 aliphatic rings. The molecule has 0 atom stereocenters. The first-order valence-electron chi connectivity index (χ1n) is 9.11. The van der Waals surface area contributed by atoms with E-state index in [1.54, 1.807) is 18.2 Å². The van der Waals surface area contributed by atoms with E-state index < -0.39 is 5.91 Å². The summed E-state index contributed by atoms with van der Waals surface area (Å²) < 4.78 is 7.79. The highest BCUT2D eigenvalue weighted by Crippen LogP contribution is 2.24. The Kier molecular flexibility index (Phi) is 7.45. The number of nitrogens with one attached hydrogen (secondary N) is 1. The normalized spacial score (nSPS) is 10.9. The number of aryl methyl sites for hydroxylation is 1. The standard InChI is InChI=1S/C24H18Br2N2O2/c1-16-2-8-21(9-3-16)28-24(29)19(14-27)12-17-4-10-22(11-5-17)30-15-18-6-7-20(25)13-23(18)26/h2-13H,15H2,1H3,(H,28,29)/b19-12-. The summed E-state index contributed by atoms with van der Waals surface area (Å²) in [7, 11) is 0. The van der Waals surface area contributed by atoms with Crippen LogP contribution >= 0.6 is 31.9 Å². The summed E-state index contributed by atoms with van der Waals surface area (Å²) in [5.74, 6) is 0.256. The third-order valence-electron chi connectivity index (χ3n) is 4.28. The van der Waals surface area contributed by atoms with Gasteiger partial charge in [0.1, 0.15) is 24.0 Å². The Morgan fingerprint density at radius 3 is 2.40 bits per heavy atom. The quantitative estimate of drug-likeness (QED) is 0.289. The van der Waals surface area contributed by atoms with Gasteiger partial charge < -0.3 is 10.1 Å². The number of hydrogen-bond donors (Lipinski definition) is 1. The lowest BCUT2D eigenvalue weighted by Gasteiger charge is -2.09. The number of rotatable bonds is 6. The Balaban J connectivity index is 1.65. The zero-order valence-electron chi connectivity index (χ0n) is 16.2. The molecule has 3 aromatic carbocycles. The van der Waals surface area contributed by atoms with Gasteiger partial charge in [-0.15, -0.1) is 0 Å². The van der Waals surface area contributed by atoms with Crippen LogP contribution in [0.15, 0.2) is 81.2 Å². The van der Waals surface area contributed by atoms with Gasteiger partial charge in [-0.25, -0.2) is 0 Å². The van der Waals surface area contributed by atoms with Gasteiger partial charge >= 0.3 is 0 Å². The van der Waals surface area contributed by atoms with Gasteiger partial charge in [0.2, 0.25) is 0 Å². The molecule has 0 saturated heterocycles. The SMILES string of the molecule is Cc1ccc(NC(=O)/C(C#N)=C\c2ccc(OCc3ccc(Br)cc3Br)cc2)cc1. The first-order chi connectivity index (χ1) is 14.4. The molecule has 1 N–H and O–H groups in total. The average Bonchev–Trinajstić information content (AvgIpc) is 2.74. The number of benzene rings is 3. The van der Waals surface area contributed by atoms with E-state index >= 15 is 0 Å². The number of halogens is 2. The topological polar surface area (TPSA) is 62.1 Å². The predicted octanol–water partition coefficient (Wildman–Crippen LogP) is 6.64.